The Balaban J connectivity index is 2.27. The molecule has 3 nitrogen and oxygen atoms in total. The normalized spacial score (nSPS) is 20.6. The number of hydrogen-bond acceptors (Lipinski definition) is 3. The van der Waals surface area contributed by atoms with Crippen molar-refractivity contribution in [3.8, 4) is 0 Å². The van der Waals surface area contributed by atoms with Crippen LogP contribution in [0.1, 0.15) is 41.6 Å². The standard InChI is InChI=1S/C15H21NO2/c1-12-9-14(7-6-13(12)10-17)16-8-4-2-3-5-15(16)11-18/h6-7,9-10,15,18H,2-5,8,11H2,1H3. The third-order valence-corrected chi connectivity index (χ3v) is 3.80. The third kappa shape index (κ3) is 2.72. The van der Waals surface area contributed by atoms with Gasteiger partial charge in [0.1, 0.15) is 6.29 Å². The number of hydrogen-bond donors (Lipinski definition) is 1. The number of nitrogens with zero attached hydrogens (tertiary/aromatic N) is 1. The number of rotatable bonds is 3. The summed E-state index contributed by atoms with van der Waals surface area (Å²) >= 11 is 0. The second-order valence-corrected chi connectivity index (χ2v) is 5.04. The Hall–Kier alpha value is -1.35. The van der Waals surface area contributed by atoms with Gasteiger partial charge in [-0.25, -0.2) is 0 Å². The van der Waals surface area contributed by atoms with Crippen molar-refractivity contribution in [3.05, 3.63) is 29.3 Å². The molecule has 1 aliphatic heterocycles. The van der Waals surface area contributed by atoms with Crippen LogP contribution in [0.2, 0.25) is 0 Å². The number of aliphatic hydroxyl groups excluding tert-OH is 1. The summed E-state index contributed by atoms with van der Waals surface area (Å²) in [7, 11) is 0. The molecule has 98 valence electrons. The Morgan fingerprint density at radius 3 is 2.89 bits per heavy atom. The molecule has 18 heavy (non-hydrogen) atoms. The number of benzene rings is 1. The van der Waals surface area contributed by atoms with E-state index < -0.39 is 0 Å². The zero-order valence-corrected chi connectivity index (χ0v) is 10.9. The Morgan fingerprint density at radius 1 is 1.39 bits per heavy atom. The molecule has 1 N–H and O–H groups in total. The van der Waals surface area contributed by atoms with Crippen molar-refractivity contribution >= 4 is 12.0 Å². The molecule has 1 aromatic rings. The molecule has 0 aliphatic carbocycles. The van der Waals surface area contributed by atoms with Crippen LogP contribution >= 0.6 is 0 Å². The summed E-state index contributed by atoms with van der Waals surface area (Å²) in [5.74, 6) is 0. The van der Waals surface area contributed by atoms with Gasteiger partial charge in [-0.3, -0.25) is 4.79 Å². The number of aryl methyl sites for hydroxylation is 1. The average Bonchev–Trinajstić information content (AvgIpc) is 2.63. The quantitative estimate of drug-likeness (QED) is 0.834. The summed E-state index contributed by atoms with van der Waals surface area (Å²) in [5.41, 5.74) is 2.87. The molecule has 1 aromatic carbocycles. The summed E-state index contributed by atoms with van der Waals surface area (Å²) in [6.07, 6.45) is 5.53. The van der Waals surface area contributed by atoms with E-state index >= 15 is 0 Å². The van der Waals surface area contributed by atoms with Gasteiger partial charge in [0, 0.05) is 17.8 Å². The number of carbonyl (C=O) groups is 1. The molecule has 0 saturated carbocycles. The van der Waals surface area contributed by atoms with E-state index in [9.17, 15) is 9.90 Å². The maximum atomic E-state index is 10.8. The average molecular weight is 247 g/mol. The Labute approximate surface area is 108 Å². The SMILES string of the molecule is Cc1cc(N2CCCCCC2CO)ccc1C=O. The van der Waals surface area contributed by atoms with E-state index in [1.165, 1.54) is 19.3 Å². The second-order valence-electron chi connectivity index (χ2n) is 5.04. The molecule has 0 spiro atoms. The number of anilines is 1. The van der Waals surface area contributed by atoms with Crippen molar-refractivity contribution in [1.29, 1.82) is 0 Å². The topological polar surface area (TPSA) is 40.5 Å². The molecule has 1 atom stereocenters. The minimum Gasteiger partial charge on any atom is -0.394 e. The number of aliphatic hydroxyl groups is 1. The second kappa shape index (κ2) is 6.01. The first-order valence-electron chi connectivity index (χ1n) is 6.69. The Kier molecular flexibility index (Phi) is 4.37. The summed E-state index contributed by atoms with van der Waals surface area (Å²) in [4.78, 5) is 13.1. The number of aldehydes is 1. The highest BCUT2D eigenvalue weighted by atomic mass is 16.3. The minimum absolute atomic E-state index is 0.203. The molecule has 0 bridgehead atoms. The fourth-order valence-electron chi connectivity index (χ4n) is 2.68. The van der Waals surface area contributed by atoms with E-state index in [1.807, 2.05) is 19.1 Å². The van der Waals surface area contributed by atoms with Crippen LogP contribution in [0.3, 0.4) is 0 Å². The van der Waals surface area contributed by atoms with Crippen molar-refractivity contribution in [3.63, 3.8) is 0 Å². The first-order chi connectivity index (χ1) is 8.76. The van der Waals surface area contributed by atoms with Crippen molar-refractivity contribution in [2.75, 3.05) is 18.1 Å². The molecule has 1 fully saturated rings. The van der Waals surface area contributed by atoms with Gasteiger partial charge in [-0.05, 0) is 43.5 Å². The van der Waals surface area contributed by atoms with E-state index in [4.69, 9.17) is 0 Å². The molecule has 1 aliphatic rings. The first-order valence-corrected chi connectivity index (χ1v) is 6.69. The lowest BCUT2D eigenvalue weighted by Gasteiger charge is -2.31. The van der Waals surface area contributed by atoms with Gasteiger partial charge in [-0.1, -0.05) is 12.8 Å². The van der Waals surface area contributed by atoms with E-state index in [0.29, 0.717) is 0 Å². The van der Waals surface area contributed by atoms with Crippen molar-refractivity contribution in [2.45, 2.75) is 38.6 Å². The van der Waals surface area contributed by atoms with Gasteiger partial charge >= 0.3 is 0 Å². The van der Waals surface area contributed by atoms with Gasteiger partial charge in [0.25, 0.3) is 0 Å². The van der Waals surface area contributed by atoms with Crippen LogP contribution in [0.15, 0.2) is 18.2 Å². The lowest BCUT2D eigenvalue weighted by molar-refractivity contribution is 0.112. The lowest BCUT2D eigenvalue weighted by atomic mass is 10.1. The van der Waals surface area contributed by atoms with Gasteiger partial charge in [0.2, 0.25) is 0 Å². The van der Waals surface area contributed by atoms with E-state index in [0.717, 1.165) is 36.1 Å². The largest absolute Gasteiger partial charge is 0.394 e. The summed E-state index contributed by atoms with van der Waals surface area (Å²) in [5, 5.41) is 9.52. The third-order valence-electron chi connectivity index (χ3n) is 3.80. The van der Waals surface area contributed by atoms with Crippen molar-refractivity contribution < 1.29 is 9.90 Å². The molecule has 1 unspecified atom stereocenters. The van der Waals surface area contributed by atoms with E-state index in [2.05, 4.69) is 11.0 Å². The smallest absolute Gasteiger partial charge is 0.150 e. The highest BCUT2D eigenvalue weighted by Crippen LogP contribution is 2.25. The van der Waals surface area contributed by atoms with E-state index in [-0.39, 0.29) is 12.6 Å². The molecule has 3 heteroatoms. The van der Waals surface area contributed by atoms with E-state index in [1.54, 1.807) is 0 Å². The summed E-state index contributed by atoms with van der Waals surface area (Å²) in [6.45, 7) is 3.15. The van der Waals surface area contributed by atoms with Crippen molar-refractivity contribution in [2.24, 2.45) is 0 Å². The molecule has 0 radical (unpaired) electrons. The fraction of sp³-hybridized carbons (Fsp3) is 0.533. The minimum atomic E-state index is 0.203. The molecule has 1 heterocycles. The van der Waals surface area contributed by atoms with Gasteiger partial charge in [-0.2, -0.15) is 0 Å². The first kappa shape index (κ1) is 13.1. The Morgan fingerprint density at radius 2 is 2.22 bits per heavy atom. The predicted octanol–water partition coefficient (Wildman–Crippen LogP) is 2.55. The van der Waals surface area contributed by atoms with Gasteiger partial charge < -0.3 is 10.0 Å². The van der Waals surface area contributed by atoms with Crippen LogP contribution in [-0.4, -0.2) is 30.6 Å². The highest BCUT2D eigenvalue weighted by molar-refractivity contribution is 5.78. The Bertz CT molecular complexity index is 417. The summed E-state index contributed by atoms with van der Waals surface area (Å²) in [6, 6.07) is 6.13. The van der Waals surface area contributed by atoms with Crippen LogP contribution in [-0.2, 0) is 0 Å². The lowest BCUT2D eigenvalue weighted by Crippen LogP contribution is -2.37. The predicted molar refractivity (Wildman–Crippen MR) is 73.3 cm³/mol. The zero-order valence-electron chi connectivity index (χ0n) is 10.9. The van der Waals surface area contributed by atoms with Crippen LogP contribution in [0.5, 0.6) is 0 Å². The van der Waals surface area contributed by atoms with Crippen LogP contribution in [0.25, 0.3) is 0 Å². The fourth-order valence-corrected chi connectivity index (χ4v) is 2.68. The molecular formula is C15H21NO2. The maximum Gasteiger partial charge on any atom is 0.150 e. The highest BCUT2D eigenvalue weighted by Gasteiger charge is 2.20. The molecular weight excluding hydrogens is 226 g/mol. The van der Waals surface area contributed by atoms with Crippen molar-refractivity contribution in [1.82, 2.24) is 0 Å². The summed E-state index contributed by atoms with van der Waals surface area (Å²) < 4.78 is 0. The zero-order chi connectivity index (χ0) is 13.0. The van der Waals surface area contributed by atoms with Crippen LogP contribution in [0.4, 0.5) is 5.69 Å². The molecule has 2 rings (SSSR count). The van der Waals surface area contributed by atoms with Crippen LogP contribution in [0, 0.1) is 6.92 Å². The maximum absolute atomic E-state index is 10.8. The number of carbonyl (C=O) groups excluding carboxylic acids is 1. The molecule has 0 amide bonds. The monoisotopic (exact) mass is 247 g/mol. The molecule has 0 aromatic heterocycles. The van der Waals surface area contributed by atoms with Gasteiger partial charge in [0.05, 0.1) is 12.6 Å². The molecule has 1 saturated heterocycles. The van der Waals surface area contributed by atoms with Gasteiger partial charge in [-0.15, -0.1) is 0 Å². The van der Waals surface area contributed by atoms with Crippen LogP contribution < -0.4 is 4.90 Å². The van der Waals surface area contributed by atoms with Gasteiger partial charge in [0.15, 0.2) is 0 Å².